The smallest absolute Gasteiger partial charge is 0.0155 e. The van der Waals surface area contributed by atoms with E-state index in [1.807, 2.05) is 13.8 Å². The highest BCUT2D eigenvalue weighted by Gasteiger charge is 2.36. The molecular formula is C18H28. The van der Waals surface area contributed by atoms with Gasteiger partial charge in [0.25, 0.3) is 0 Å². The topological polar surface area (TPSA) is 0 Å². The van der Waals surface area contributed by atoms with E-state index in [1.54, 1.807) is 0 Å². The summed E-state index contributed by atoms with van der Waals surface area (Å²) in [4.78, 5) is 0. The minimum Gasteiger partial charge on any atom is -0.0829 e. The van der Waals surface area contributed by atoms with E-state index in [0.29, 0.717) is 0 Å². The fourth-order valence-electron chi connectivity index (χ4n) is 2.72. The molecule has 0 spiro atoms. The van der Waals surface area contributed by atoms with Gasteiger partial charge in [-0.25, -0.2) is 0 Å². The summed E-state index contributed by atoms with van der Waals surface area (Å²) in [6.45, 7) is 12.9. The second kappa shape index (κ2) is 6.58. The van der Waals surface area contributed by atoms with Gasteiger partial charge in [-0.2, -0.15) is 0 Å². The highest BCUT2D eigenvalue weighted by atomic mass is 14.4. The minimum atomic E-state index is 0. The molecule has 0 saturated carbocycles. The number of benzene rings is 1. The van der Waals surface area contributed by atoms with Crippen molar-refractivity contribution in [2.75, 3.05) is 0 Å². The lowest BCUT2D eigenvalue weighted by atomic mass is 9.82. The molecule has 0 aromatic heterocycles. The summed E-state index contributed by atoms with van der Waals surface area (Å²) in [5.74, 6) is 0. The van der Waals surface area contributed by atoms with E-state index in [1.165, 1.54) is 22.3 Å². The highest BCUT2D eigenvalue weighted by molar-refractivity contribution is 5.89. The quantitative estimate of drug-likeness (QED) is 0.526. The van der Waals surface area contributed by atoms with Crippen LogP contribution in [-0.4, -0.2) is 0 Å². The number of allylic oxidation sites excluding steroid dienone is 4. The Bertz CT molecular complexity index is 445. The molecule has 0 unspecified atom stereocenters. The SMILES string of the molecule is C.C/C=C1\C(=C/C)c2ccccc2C1(C)C.CC. The minimum absolute atomic E-state index is 0. The molecule has 0 atom stereocenters. The van der Waals surface area contributed by atoms with Gasteiger partial charge in [0.2, 0.25) is 0 Å². The lowest BCUT2D eigenvalue weighted by Gasteiger charge is -2.21. The maximum absolute atomic E-state index is 2.30. The zero-order valence-electron chi connectivity index (χ0n) is 12.0. The van der Waals surface area contributed by atoms with Gasteiger partial charge in [-0.1, -0.05) is 71.5 Å². The molecule has 0 saturated heterocycles. The van der Waals surface area contributed by atoms with Crippen LogP contribution in [0.25, 0.3) is 5.57 Å². The van der Waals surface area contributed by atoms with Crippen molar-refractivity contribution >= 4 is 5.57 Å². The third-order valence-electron chi connectivity index (χ3n) is 3.43. The summed E-state index contributed by atoms with van der Waals surface area (Å²) in [5.41, 5.74) is 5.86. The second-order valence-corrected chi connectivity index (χ2v) is 4.58. The Balaban J connectivity index is 0.000000917. The van der Waals surface area contributed by atoms with Crippen LogP contribution in [0.15, 0.2) is 42.0 Å². The first-order chi connectivity index (χ1) is 8.12. The summed E-state index contributed by atoms with van der Waals surface area (Å²) < 4.78 is 0. The first-order valence-electron chi connectivity index (χ1n) is 6.56. The molecule has 0 aliphatic heterocycles. The number of rotatable bonds is 0. The molecular weight excluding hydrogens is 216 g/mol. The lowest BCUT2D eigenvalue weighted by molar-refractivity contribution is 0.659. The van der Waals surface area contributed by atoms with Gasteiger partial charge in [-0.15, -0.1) is 0 Å². The zero-order valence-corrected chi connectivity index (χ0v) is 12.0. The Kier molecular flexibility index (Phi) is 6.11. The standard InChI is InChI=1S/C15H18.C2H6.CH4/c1-5-11-12-9-7-8-10-14(12)15(3,4)13(11)6-2;1-2;/h5-10H,1-4H3;1-2H3;1H4/b11-5-,13-6+;;. The van der Waals surface area contributed by atoms with Gasteiger partial charge in [0, 0.05) is 5.41 Å². The van der Waals surface area contributed by atoms with E-state index in [0.717, 1.165) is 0 Å². The van der Waals surface area contributed by atoms with E-state index < -0.39 is 0 Å². The summed E-state index contributed by atoms with van der Waals surface area (Å²) in [5, 5.41) is 0. The summed E-state index contributed by atoms with van der Waals surface area (Å²) in [6, 6.07) is 8.72. The Hall–Kier alpha value is -1.30. The van der Waals surface area contributed by atoms with Crippen molar-refractivity contribution < 1.29 is 0 Å². The molecule has 1 aliphatic rings. The van der Waals surface area contributed by atoms with Crippen molar-refractivity contribution in [3.63, 3.8) is 0 Å². The molecule has 0 heteroatoms. The molecule has 2 rings (SSSR count). The Morgan fingerprint density at radius 2 is 1.50 bits per heavy atom. The third-order valence-corrected chi connectivity index (χ3v) is 3.43. The fourth-order valence-corrected chi connectivity index (χ4v) is 2.72. The van der Waals surface area contributed by atoms with Crippen molar-refractivity contribution in [2.24, 2.45) is 0 Å². The molecule has 18 heavy (non-hydrogen) atoms. The van der Waals surface area contributed by atoms with Crippen LogP contribution in [0, 0.1) is 0 Å². The molecule has 0 heterocycles. The van der Waals surface area contributed by atoms with Crippen molar-refractivity contribution in [1.82, 2.24) is 0 Å². The molecule has 1 aromatic rings. The van der Waals surface area contributed by atoms with Crippen LogP contribution < -0.4 is 0 Å². The molecule has 0 nitrogen and oxygen atoms in total. The molecule has 0 N–H and O–H groups in total. The monoisotopic (exact) mass is 244 g/mol. The molecule has 1 aromatic carbocycles. The normalized spacial score (nSPS) is 19.9. The summed E-state index contributed by atoms with van der Waals surface area (Å²) in [7, 11) is 0. The van der Waals surface area contributed by atoms with Crippen LogP contribution in [0.5, 0.6) is 0 Å². The molecule has 0 amide bonds. The molecule has 0 radical (unpaired) electrons. The first kappa shape index (κ1) is 16.7. The predicted molar refractivity (Wildman–Crippen MR) is 85.0 cm³/mol. The fraction of sp³-hybridized carbons (Fsp3) is 0.444. The van der Waals surface area contributed by atoms with Gasteiger partial charge >= 0.3 is 0 Å². The Labute approximate surface area is 113 Å². The van der Waals surface area contributed by atoms with Crippen LogP contribution in [0.4, 0.5) is 0 Å². The zero-order chi connectivity index (χ0) is 13.1. The van der Waals surface area contributed by atoms with Crippen LogP contribution >= 0.6 is 0 Å². The van der Waals surface area contributed by atoms with E-state index in [2.05, 4.69) is 64.1 Å². The number of fused-ring (bicyclic) bond motifs is 1. The van der Waals surface area contributed by atoms with Gasteiger partial charge in [0.05, 0.1) is 0 Å². The summed E-state index contributed by atoms with van der Waals surface area (Å²) in [6.07, 6.45) is 4.47. The van der Waals surface area contributed by atoms with Crippen molar-refractivity contribution in [3.8, 4) is 0 Å². The van der Waals surface area contributed by atoms with Gasteiger partial charge in [-0.3, -0.25) is 0 Å². The van der Waals surface area contributed by atoms with Gasteiger partial charge < -0.3 is 0 Å². The second-order valence-electron chi connectivity index (χ2n) is 4.58. The molecule has 100 valence electrons. The molecule has 0 fully saturated rings. The maximum Gasteiger partial charge on any atom is 0.0155 e. The van der Waals surface area contributed by atoms with E-state index >= 15 is 0 Å². The number of hydrogen-bond donors (Lipinski definition) is 0. The van der Waals surface area contributed by atoms with Gasteiger partial charge in [-0.05, 0) is 36.1 Å². The average Bonchev–Trinajstić information content (AvgIpc) is 2.59. The summed E-state index contributed by atoms with van der Waals surface area (Å²) >= 11 is 0. The van der Waals surface area contributed by atoms with Crippen LogP contribution in [0.2, 0.25) is 0 Å². The van der Waals surface area contributed by atoms with Crippen LogP contribution in [0.3, 0.4) is 0 Å². The average molecular weight is 244 g/mol. The molecule has 1 aliphatic carbocycles. The first-order valence-corrected chi connectivity index (χ1v) is 6.56. The van der Waals surface area contributed by atoms with Crippen LogP contribution in [-0.2, 0) is 5.41 Å². The highest BCUT2D eigenvalue weighted by Crippen LogP contribution is 2.49. The predicted octanol–water partition coefficient (Wildman–Crippen LogP) is 5.99. The van der Waals surface area contributed by atoms with Crippen molar-refractivity contribution in [3.05, 3.63) is 53.1 Å². The largest absolute Gasteiger partial charge is 0.0829 e. The maximum atomic E-state index is 2.30. The van der Waals surface area contributed by atoms with Crippen LogP contribution in [0.1, 0.15) is 60.1 Å². The lowest BCUT2D eigenvalue weighted by Crippen LogP contribution is -2.14. The van der Waals surface area contributed by atoms with Crippen molar-refractivity contribution in [2.45, 2.75) is 54.4 Å². The van der Waals surface area contributed by atoms with E-state index in [9.17, 15) is 0 Å². The molecule has 0 bridgehead atoms. The van der Waals surface area contributed by atoms with Gasteiger partial charge in [0.15, 0.2) is 0 Å². The number of hydrogen-bond acceptors (Lipinski definition) is 0. The Morgan fingerprint density at radius 1 is 0.944 bits per heavy atom. The van der Waals surface area contributed by atoms with E-state index in [4.69, 9.17) is 0 Å². The van der Waals surface area contributed by atoms with Gasteiger partial charge in [0.1, 0.15) is 0 Å². The third kappa shape index (κ3) is 2.43. The van der Waals surface area contributed by atoms with Crippen molar-refractivity contribution in [1.29, 1.82) is 0 Å². The Morgan fingerprint density at radius 3 is 2.00 bits per heavy atom. The van der Waals surface area contributed by atoms with E-state index in [-0.39, 0.29) is 12.8 Å².